The molecule has 56 heavy (non-hydrogen) atoms. The van der Waals surface area contributed by atoms with Gasteiger partial charge >= 0.3 is 0 Å². The van der Waals surface area contributed by atoms with Crippen molar-refractivity contribution in [3.05, 3.63) is 190 Å². The number of methoxy groups -OCH3 is 1. The van der Waals surface area contributed by atoms with Crippen LogP contribution in [-0.4, -0.2) is 41.5 Å². The number of aromatic hydroxyl groups is 1. The summed E-state index contributed by atoms with van der Waals surface area (Å²) < 4.78 is 5.40. The van der Waals surface area contributed by atoms with Gasteiger partial charge in [-0.05, 0) is 60.2 Å². The Balaban J connectivity index is 1.15. The number of rotatable bonds is 11. The van der Waals surface area contributed by atoms with Crippen molar-refractivity contribution in [1.29, 1.82) is 0 Å². The SMILES string of the molecule is COc1cc(O)ccc1/C=C(/NC(=O)c1ccccc1)C(=O)Nc1cccc(SC(C(=O)Nc2cccc3c2C(=O)c2ccccc2C3=O)c2ccccc2)c1. The van der Waals surface area contributed by atoms with Crippen molar-refractivity contribution in [3.63, 3.8) is 0 Å². The summed E-state index contributed by atoms with van der Waals surface area (Å²) >= 11 is 1.22. The summed E-state index contributed by atoms with van der Waals surface area (Å²) in [4.78, 5) is 68.9. The number of ketones is 2. The predicted molar refractivity (Wildman–Crippen MR) is 215 cm³/mol. The highest BCUT2D eigenvalue weighted by molar-refractivity contribution is 8.00. The van der Waals surface area contributed by atoms with E-state index in [1.807, 2.05) is 30.3 Å². The van der Waals surface area contributed by atoms with Crippen LogP contribution in [0.25, 0.3) is 6.08 Å². The second kappa shape index (κ2) is 16.4. The molecule has 6 aromatic carbocycles. The fraction of sp³-hybridized carbons (Fsp3) is 0.0444. The van der Waals surface area contributed by atoms with Gasteiger partial charge in [-0.15, -0.1) is 11.8 Å². The van der Waals surface area contributed by atoms with Crippen LogP contribution in [-0.2, 0) is 9.59 Å². The van der Waals surface area contributed by atoms with Gasteiger partial charge in [-0.25, -0.2) is 0 Å². The maximum absolute atomic E-state index is 14.2. The number of phenols is 1. The Morgan fingerprint density at radius 1 is 0.696 bits per heavy atom. The van der Waals surface area contributed by atoms with E-state index in [9.17, 15) is 29.1 Å². The summed E-state index contributed by atoms with van der Waals surface area (Å²) in [6.45, 7) is 0. The Morgan fingerprint density at radius 3 is 2.09 bits per heavy atom. The van der Waals surface area contributed by atoms with Crippen LogP contribution >= 0.6 is 11.8 Å². The molecular weight excluding hydrogens is 727 g/mol. The number of ether oxygens (including phenoxy) is 1. The number of fused-ring (bicyclic) bond motifs is 2. The van der Waals surface area contributed by atoms with E-state index in [1.54, 1.807) is 103 Å². The lowest BCUT2D eigenvalue weighted by molar-refractivity contribution is -0.116. The number of phenolic OH excluding ortho intramolecular Hbond substituents is 1. The number of thioether (sulfide) groups is 1. The Labute approximate surface area is 326 Å². The molecule has 11 heteroatoms. The molecule has 0 aliphatic heterocycles. The molecule has 3 amide bonds. The molecule has 7 rings (SSSR count). The summed E-state index contributed by atoms with van der Waals surface area (Å²) in [6, 6.07) is 40.3. The van der Waals surface area contributed by atoms with E-state index in [0.717, 1.165) is 0 Å². The minimum atomic E-state index is -0.817. The van der Waals surface area contributed by atoms with E-state index in [-0.39, 0.29) is 51.1 Å². The number of carbonyl (C=O) groups excluding carboxylic acids is 5. The number of hydrogen-bond donors (Lipinski definition) is 4. The van der Waals surface area contributed by atoms with Crippen LogP contribution in [0.2, 0.25) is 0 Å². The largest absolute Gasteiger partial charge is 0.508 e. The average Bonchev–Trinajstić information content (AvgIpc) is 3.22. The molecule has 276 valence electrons. The van der Waals surface area contributed by atoms with Gasteiger partial charge in [0.25, 0.3) is 11.8 Å². The van der Waals surface area contributed by atoms with E-state index < -0.39 is 23.0 Å². The lowest BCUT2D eigenvalue weighted by Gasteiger charge is -2.22. The number of anilines is 2. The number of nitrogens with one attached hydrogen (secondary N) is 3. The standard InChI is InChI=1S/C45H33N3O7S/c1-55-38-26-31(49)23-22-29(38)24-37(48-43(52)28-14-6-3-7-15-28)44(53)46-30-16-10-17-32(25-30)56-42(27-12-4-2-5-13-27)45(54)47-36-21-11-20-35-39(36)41(51)34-19-9-8-18-33(34)40(35)50/h2-26,42,49H,1H3,(H,46,53)(H,47,54)(H,48,52)/b37-24+. The van der Waals surface area contributed by atoms with Crippen molar-refractivity contribution in [2.45, 2.75) is 10.1 Å². The molecule has 1 unspecified atom stereocenters. The fourth-order valence-electron chi connectivity index (χ4n) is 6.25. The number of amides is 3. The van der Waals surface area contributed by atoms with Crippen molar-refractivity contribution in [2.75, 3.05) is 17.7 Å². The highest BCUT2D eigenvalue weighted by Gasteiger charge is 2.33. The second-order valence-electron chi connectivity index (χ2n) is 12.6. The van der Waals surface area contributed by atoms with Gasteiger partial charge in [0.1, 0.15) is 22.4 Å². The summed E-state index contributed by atoms with van der Waals surface area (Å²) in [5.74, 6) is -1.98. The van der Waals surface area contributed by atoms with Gasteiger partial charge in [-0.1, -0.05) is 91.0 Å². The first-order valence-electron chi connectivity index (χ1n) is 17.4. The van der Waals surface area contributed by atoms with E-state index >= 15 is 0 Å². The average molecular weight is 760 g/mol. The first-order valence-corrected chi connectivity index (χ1v) is 18.3. The van der Waals surface area contributed by atoms with E-state index in [4.69, 9.17) is 4.74 Å². The molecule has 0 saturated carbocycles. The van der Waals surface area contributed by atoms with E-state index in [1.165, 1.54) is 37.1 Å². The molecule has 0 radical (unpaired) electrons. The first-order chi connectivity index (χ1) is 27.2. The maximum atomic E-state index is 14.2. The molecular formula is C45H33N3O7S. The van der Waals surface area contributed by atoms with Crippen molar-refractivity contribution < 1.29 is 33.8 Å². The van der Waals surface area contributed by atoms with Gasteiger partial charge in [-0.3, -0.25) is 24.0 Å². The summed E-state index contributed by atoms with van der Waals surface area (Å²) in [7, 11) is 1.42. The highest BCUT2D eigenvalue weighted by atomic mass is 32.2. The molecule has 4 N–H and O–H groups in total. The molecule has 0 heterocycles. The normalized spacial score (nSPS) is 12.5. The summed E-state index contributed by atoms with van der Waals surface area (Å²) in [6.07, 6.45) is 1.45. The molecule has 0 fully saturated rings. The third kappa shape index (κ3) is 7.98. The van der Waals surface area contributed by atoms with Crippen molar-refractivity contribution in [2.24, 2.45) is 0 Å². The van der Waals surface area contributed by atoms with Gasteiger partial charge in [0.2, 0.25) is 5.91 Å². The zero-order valence-corrected chi connectivity index (χ0v) is 30.6. The van der Waals surface area contributed by atoms with Crippen LogP contribution in [0, 0.1) is 0 Å². The smallest absolute Gasteiger partial charge is 0.272 e. The van der Waals surface area contributed by atoms with E-state index in [0.29, 0.717) is 32.8 Å². The van der Waals surface area contributed by atoms with Crippen LogP contribution in [0.3, 0.4) is 0 Å². The lowest BCUT2D eigenvalue weighted by Crippen LogP contribution is -2.30. The molecule has 0 aromatic heterocycles. The highest BCUT2D eigenvalue weighted by Crippen LogP contribution is 2.39. The van der Waals surface area contributed by atoms with Gasteiger partial charge in [0.05, 0.1) is 18.4 Å². The Morgan fingerprint density at radius 2 is 1.36 bits per heavy atom. The molecule has 6 aromatic rings. The Kier molecular flexibility index (Phi) is 10.9. The third-order valence-electron chi connectivity index (χ3n) is 8.94. The second-order valence-corrected chi connectivity index (χ2v) is 13.8. The minimum absolute atomic E-state index is 0.0346. The van der Waals surface area contributed by atoms with Crippen LogP contribution < -0.4 is 20.7 Å². The van der Waals surface area contributed by atoms with Crippen molar-refractivity contribution >= 4 is 58.5 Å². The van der Waals surface area contributed by atoms with Crippen LogP contribution in [0.1, 0.15) is 58.6 Å². The van der Waals surface area contributed by atoms with Crippen LogP contribution in [0.4, 0.5) is 11.4 Å². The van der Waals surface area contributed by atoms with E-state index in [2.05, 4.69) is 16.0 Å². The molecule has 1 atom stereocenters. The molecule has 0 saturated heterocycles. The van der Waals surface area contributed by atoms with Crippen LogP contribution in [0.15, 0.2) is 156 Å². The molecule has 0 spiro atoms. The van der Waals surface area contributed by atoms with Gasteiger partial charge in [0, 0.05) is 44.5 Å². The summed E-state index contributed by atoms with van der Waals surface area (Å²) in [5, 5.41) is 17.6. The quantitative estimate of drug-likeness (QED) is 0.0764. The monoisotopic (exact) mass is 759 g/mol. The van der Waals surface area contributed by atoms with Gasteiger partial charge in [0.15, 0.2) is 11.6 Å². The van der Waals surface area contributed by atoms with Gasteiger partial charge < -0.3 is 25.8 Å². The van der Waals surface area contributed by atoms with Crippen molar-refractivity contribution in [1.82, 2.24) is 5.32 Å². The number of carbonyl (C=O) groups is 5. The zero-order chi connectivity index (χ0) is 39.2. The Bertz CT molecular complexity index is 2540. The fourth-order valence-corrected chi connectivity index (χ4v) is 7.33. The molecule has 1 aliphatic carbocycles. The maximum Gasteiger partial charge on any atom is 0.272 e. The third-order valence-corrected chi connectivity index (χ3v) is 10.2. The first kappa shape index (κ1) is 37.1. The minimum Gasteiger partial charge on any atom is -0.508 e. The lowest BCUT2D eigenvalue weighted by atomic mass is 9.83. The van der Waals surface area contributed by atoms with Crippen LogP contribution in [0.5, 0.6) is 11.5 Å². The van der Waals surface area contributed by atoms with Gasteiger partial charge in [-0.2, -0.15) is 0 Å². The summed E-state index contributed by atoms with van der Waals surface area (Å²) in [5.41, 5.74) is 2.91. The molecule has 1 aliphatic rings. The Hall–Kier alpha value is -7.24. The number of hydrogen-bond acceptors (Lipinski definition) is 8. The molecule has 0 bridgehead atoms. The topological polar surface area (TPSA) is 151 Å². The zero-order valence-electron chi connectivity index (χ0n) is 29.8. The predicted octanol–water partition coefficient (Wildman–Crippen LogP) is 8.06. The number of benzene rings is 6. The van der Waals surface area contributed by atoms with Crippen molar-refractivity contribution in [3.8, 4) is 11.5 Å². The molecule has 10 nitrogen and oxygen atoms in total.